The van der Waals surface area contributed by atoms with Gasteiger partial charge in [-0.1, -0.05) is 18.2 Å². The van der Waals surface area contributed by atoms with Gasteiger partial charge in [0.2, 0.25) is 5.75 Å². The second-order valence-corrected chi connectivity index (χ2v) is 9.04. The van der Waals surface area contributed by atoms with Crippen molar-refractivity contribution >= 4 is 22.7 Å². The molecule has 37 heavy (non-hydrogen) atoms. The smallest absolute Gasteiger partial charge is 0.411 e. The fourth-order valence-corrected chi connectivity index (χ4v) is 5.46. The molecule has 1 saturated heterocycles. The number of aromatic hydroxyl groups is 1. The van der Waals surface area contributed by atoms with Crippen LogP contribution in [0, 0.1) is 11.3 Å². The molecule has 1 fully saturated rings. The Bertz CT molecular complexity index is 1530. The minimum Gasteiger partial charge on any atom is -0.502 e. The number of rotatable bonds is 5. The molecule has 0 saturated carbocycles. The van der Waals surface area contributed by atoms with Gasteiger partial charge in [-0.15, -0.1) is 0 Å². The molecule has 2 aliphatic heterocycles. The number of nitrogens with zero attached hydrogens (tertiary/aromatic N) is 2. The lowest BCUT2D eigenvalue weighted by atomic mass is 9.85. The molecular formula is C28H24N4O5. The van der Waals surface area contributed by atoms with Gasteiger partial charge in [0.1, 0.15) is 12.6 Å². The van der Waals surface area contributed by atoms with Crippen LogP contribution in [0.5, 0.6) is 17.2 Å². The van der Waals surface area contributed by atoms with Crippen molar-refractivity contribution in [1.29, 1.82) is 5.26 Å². The number of nitriles is 1. The third kappa shape index (κ3) is 3.49. The monoisotopic (exact) mass is 496 g/mol. The third-order valence-corrected chi connectivity index (χ3v) is 7.12. The van der Waals surface area contributed by atoms with Crippen molar-refractivity contribution in [3.63, 3.8) is 0 Å². The fraction of sp³-hybridized carbons (Fsp3) is 0.214. The lowest BCUT2D eigenvalue weighted by Gasteiger charge is -2.41. The number of H-pyrrole nitrogens is 1. The van der Waals surface area contributed by atoms with Crippen molar-refractivity contribution in [3.05, 3.63) is 83.0 Å². The van der Waals surface area contributed by atoms with E-state index in [1.165, 1.54) is 14.2 Å². The van der Waals surface area contributed by atoms with Crippen molar-refractivity contribution in [2.24, 2.45) is 0 Å². The Balaban J connectivity index is 1.56. The highest BCUT2D eigenvalue weighted by molar-refractivity contribution is 5.88. The van der Waals surface area contributed by atoms with Crippen LogP contribution < -0.4 is 14.8 Å². The van der Waals surface area contributed by atoms with E-state index >= 15 is 0 Å². The van der Waals surface area contributed by atoms with E-state index in [2.05, 4.69) is 22.4 Å². The van der Waals surface area contributed by atoms with E-state index < -0.39 is 12.1 Å². The SMILES string of the molecule is COc1cc(C2c3[nH]c4ccccc4c3C(Nc3ccc(C#N)cc3)C3COC(=O)N23)cc(OC)c1O. The van der Waals surface area contributed by atoms with Gasteiger partial charge in [0.15, 0.2) is 11.5 Å². The topological polar surface area (TPSA) is 120 Å². The quantitative estimate of drug-likeness (QED) is 0.362. The summed E-state index contributed by atoms with van der Waals surface area (Å²) >= 11 is 0. The molecule has 1 amide bonds. The number of phenols is 1. The van der Waals surface area contributed by atoms with Crippen molar-refractivity contribution in [2.45, 2.75) is 18.1 Å². The van der Waals surface area contributed by atoms with Crippen molar-refractivity contribution in [3.8, 4) is 23.3 Å². The molecule has 4 aromatic rings. The molecule has 2 aliphatic rings. The van der Waals surface area contributed by atoms with Crippen molar-refractivity contribution in [2.75, 3.05) is 26.1 Å². The standard InChI is InChI=1S/C28H24N4O5/c1-35-21-11-16(12-22(36-2)27(21)33)26-25-23(18-5-3-4-6-19(18)31-25)24(20-14-37-28(34)32(20)26)30-17-9-7-15(13-29)8-10-17/h3-12,20,24,26,30-31,33H,14H2,1-2H3. The number of aromatic amines is 1. The van der Waals surface area contributed by atoms with Crippen LogP contribution in [0.1, 0.15) is 34.5 Å². The molecule has 0 radical (unpaired) electrons. The first-order valence-corrected chi connectivity index (χ1v) is 11.8. The highest BCUT2D eigenvalue weighted by Crippen LogP contribution is 2.50. The van der Waals surface area contributed by atoms with E-state index in [4.69, 9.17) is 14.2 Å². The van der Waals surface area contributed by atoms with E-state index in [1.54, 1.807) is 29.2 Å². The molecule has 3 atom stereocenters. The zero-order valence-electron chi connectivity index (χ0n) is 20.2. The first-order valence-electron chi connectivity index (χ1n) is 11.8. The Morgan fingerprint density at radius 3 is 2.49 bits per heavy atom. The molecule has 0 aliphatic carbocycles. The number of nitrogens with one attached hydrogen (secondary N) is 2. The van der Waals surface area contributed by atoms with Gasteiger partial charge in [-0.25, -0.2) is 4.79 Å². The summed E-state index contributed by atoms with van der Waals surface area (Å²) in [5, 5.41) is 24.3. The van der Waals surface area contributed by atoms with E-state index in [9.17, 15) is 15.2 Å². The molecular weight excluding hydrogens is 472 g/mol. The van der Waals surface area contributed by atoms with Crippen LogP contribution in [0.25, 0.3) is 10.9 Å². The van der Waals surface area contributed by atoms with Crippen LogP contribution in [0.4, 0.5) is 10.5 Å². The van der Waals surface area contributed by atoms with E-state index in [0.717, 1.165) is 27.8 Å². The molecule has 3 aromatic carbocycles. The maximum atomic E-state index is 13.2. The number of methoxy groups -OCH3 is 2. The summed E-state index contributed by atoms with van der Waals surface area (Å²) in [6.07, 6.45) is -0.433. The third-order valence-electron chi connectivity index (χ3n) is 7.12. The summed E-state index contributed by atoms with van der Waals surface area (Å²) in [6.45, 7) is 0.203. The molecule has 1 aromatic heterocycles. The summed E-state index contributed by atoms with van der Waals surface area (Å²) in [5.74, 6) is 0.380. The summed E-state index contributed by atoms with van der Waals surface area (Å²) in [4.78, 5) is 18.5. The lowest BCUT2D eigenvalue weighted by Crippen LogP contribution is -2.47. The number of hydrogen-bond donors (Lipinski definition) is 3. The summed E-state index contributed by atoms with van der Waals surface area (Å²) < 4.78 is 16.4. The van der Waals surface area contributed by atoms with Crippen LogP contribution in [0.3, 0.4) is 0 Å². The number of aromatic nitrogens is 1. The second-order valence-electron chi connectivity index (χ2n) is 9.04. The van der Waals surface area contributed by atoms with Gasteiger partial charge < -0.3 is 29.6 Å². The number of para-hydroxylation sites is 1. The van der Waals surface area contributed by atoms with Gasteiger partial charge in [-0.3, -0.25) is 4.90 Å². The molecule has 3 N–H and O–H groups in total. The number of amides is 1. The van der Waals surface area contributed by atoms with Crippen molar-refractivity contribution in [1.82, 2.24) is 9.88 Å². The lowest BCUT2D eigenvalue weighted by molar-refractivity contribution is 0.145. The summed E-state index contributed by atoms with van der Waals surface area (Å²) in [5.41, 5.74) is 4.90. The zero-order valence-corrected chi connectivity index (χ0v) is 20.2. The van der Waals surface area contributed by atoms with Gasteiger partial charge >= 0.3 is 6.09 Å². The molecule has 9 nitrogen and oxygen atoms in total. The number of benzene rings is 3. The van der Waals surface area contributed by atoms with Crippen LogP contribution in [-0.4, -0.2) is 48.0 Å². The Morgan fingerprint density at radius 1 is 1.11 bits per heavy atom. The fourth-order valence-electron chi connectivity index (χ4n) is 5.46. The average Bonchev–Trinajstić information content (AvgIpc) is 3.50. The Hall–Kier alpha value is -4.84. The van der Waals surface area contributed by atoms with Gasteiger partial charge in [0.05, 0.1) is 37.9 Å². The van der Waals surface area contributed by atoms with Crippen LogP contribution in [0.15, 0.2) is 60.7 Å². The Labute approximate surface area is 212 Å². The Morgan fingerprint density at radius 2 is 1.81 bits per heavy atom. The zero-order chi connectivity index (χ0) is 25.7. The minimum atomic E-state index is -0.537. The number of ether oxygens (including phenoxy) is 3. The molecule has 6 rings (SSSR count). The van der Waals surface area contributed by atoms with Crippen molar-refractivity contribution < 1.29 is 24.1 Å². The van der Waals surface area contributed by atoms with E-state index in [-0.39, 0.29) is 35.9 Å². The van der Waals surface area contributed by atoms with Gasteiger partial charge in [0.25, 0.3) is 0 Å². The number of phenolic OH excluding ortho intramolecular Hbond substituents is 1. The van der Waals surface area contributed by atoms with Crippen LogP contribution in [-0.2, 0) is 4.74 Å². The maximum absolute atomic E-state index is 13.2. The van der Waals surface area contributed by atoms with Crippen LogP contribution in [0.2, 0.25) is 0 Å². The maximum Gasteiger partial charge on any atom is 0.411 e. The van der Waals surface area contributed by atoms with E-state index in [1.807, 2.05) is 30.3 Å². The predicted molar refractivity (Wildman–Crippen MR) is 136 cm³/mol. The number of anilines is 1. The molecule has 3 heterocycles. The number of fused-ring (bicyclic) bond motifs is 4. The van der Waals surface area contributed by atoms with Crippen LogP contribution >= 0.6 is 0 Å². The normalized spacial score (nSPS) is 20.1. The molecule has 3 unspecified atom stereocenters. The first-order chi connectivity index (χ1) is 18.0. The molecule has 0 bridgehead atoms. The Kier molecular flexibility index (Phi) is 5.30. The molecule has 0 spiro atoms. The van der Waals surface area contributed by atoms with Gasteiger partial charge in [0, 0.05) is 27.8 Å². The van der Waals surface area contributed by atoms with E-state index in [0.29, 0.717) is 11.1 Å². The predicted octanol–water partition coefficient (Wildman–Crippen LogP) is 4.84. The first kappa shape index (κ1) is 22.6. The largest absolute Gasteiger partial charge is 0.502 e. The highest BCUT2D eigenvalue weighted by atomic mass is 16.6. The number of carbonyl (C=O) groups is 1. The molecule has 9 heteroatoms. The summed E-state index contributed by atoms with van der Waals surface area (Å²) in [7, 11) is 2.94. The number of cyclic esters (lactones) is 1. The second kappa shape index (κ2) is 8.68. The molecule has 186 valence electrons. The van der Waals surface area contributed by atoms with Gasteiger partial charge in [-0.05, 0) is 48.0 Å². The van der Waals surface area contributed by atoms with Gasteiger partial charge in [-0.2, -0.15) is 5.26 Å². The summed E-state index contributed by atoms with van der Waals surface area (Å²) in [6, 6.07) is 19.7. The average molecular weight is 497 g/mol. The number of hydrogen-bond acceptors (Lipinski definition) is 7. The number of carbonyl (C=O) groups excluding carboxylic acids is 1. The minimum absolute atomic E-state index is 0.109. The highest BCUT2D eigenvalue weighted by Gasteiger charge is 2.51.